The smallest absolute Gasteiger partial charge is 0.253 e. The van der Waals surface area contributed by atoms with Crippen molar-refractivity contribution in [1.82, 2.24) is 9.88 Å². The average Bonchev–Trinajstić information content (AvgIpc) is 2.79. The third-order valence-electron chi connectivity index (χ3n) is 5.95. The van der Waals surface area contributed by atoms with Crippen LogP contribution in [0.3, 0.4) is 0 Å². The highest BCUT2D eigenvalue weighted by atomic mass is 35.5. The van der Waals surface area contributed by atoms with Crippen molar-refractivity contribution in [3.05, 3.63) is 52.7 Å². The molecule has 0 unspecified atom stereocenters. The van der Waals surface area contributed by atoms with Crippen molar-refractivity contribution in [2.45, 2.75) is 18.8 Å². The minimum absolute atomic E-state index is 0.0766. The second kappa shape index (κ2) is 9.23. The molecule has 2 aromatic rings. The van der Waals surface area contributed by atoms with Crippen LogP contribution in [0.5, 0.6) is 0 Å². The van der Waals surface area contributed by atoms with Gasteiger partial charge in [-0.1, -0.05) is 11.6 Å². The maximum atomic E-state index is 13.3. The van der Waals surface area contributed by atoms with Crippen LogP contribution in [0.15, 0.2) is 36.5 Å². The number of hydrogen-bond donors (Lipinski definition) is 0. The van der Waals surface area contributed by atoms with Crippen LogP contribution in [-0.4, -0.2) is 69.3 Å². The number of carbonyl (C=O) groups excluding carboxylic acids is 1. The minimum Gasteiger partial charge on any atom is -0.378 e. The summed E-state index contributed by atoms with van der Waals surface area (Å²) in [7, 11) is 3.99. The standard InChI is InChI=1S/C23H29ClN4O2/c1-26(2)22-15-17(7-8-25-22)19-4-3-9-28(16-19)23(29)18-5-6-20(24)21(14-18)27-10-12-30-13-11-27/h5-8,14-15,19H,3-4,9-13,16H2,1-2H3/t19-/m1/s1. The number of benzene rings is 1. The van der Waals surface area contributed by atoms with E-state index < -0.39 is 0 Å². The molecule has 1 amide bonds. The fraction of sp³-hybridized carbons (Fsp3) is 0.478. The second-order valence-electron chi connectivity index (χ2n) is 8.20. The van der Waals surface area contributed by atoms with Crippen molar-refractivity contribution < 1.29 is 9.53 Å². The average molecular weight is 429 g/mol. The van der Waals surface area contributed by atoms with E-state index in [1.807, 2.05) is 48.3 Å². The van der Waals surface area contributed by atoms with Gasteiger partial charge in [0.1, 0.15) is 5.82 Å². The normalized spacial score (nSPS) is 19.6. The molecule has 160 valence electrons. The molecule has 2 saturated heterocycles. The topological polar surface area (TPSA) is 48.9 Å². The number of ether oxygens (including phenoxy) is 1. The van der Waals surface area contributed by atoms with Gasteiger partial charge in [0, 0.05) is 58.0 Å². The van der Waals surface area contributed by atoms with Crippen LogP contribution in [0.25, 0.3) is 0 Å². The Balaban J connectivity index is 1.51. The molecule has 1 atom stereocenters. The first-order valence-corrected chi connectivity index (χ1v) is 11.0. The van der Waals surface area contributed by atoms with E-state index >= 15 is 0 Å². The summed E-state index contributed by atoms with van der Waals surface area (Å²) in [6.45, 7) is 4.47. The summed E-state index contributed by atoms with van der Waals surface area (Å²) in [5.41, 5.74) is 2.87. The monoisotopic (exact) mass is 428 g/mol. The summed E-state index contributed by atoms with van der Waals surface area (Å²) >= 11 is 6.45. The molecule has 0 spiro atoms. The predicted molar refractivity (Wildman–Crippen MR) is 121 cm³/mol. The lowest BCUT2D eigenvalue weighted by Gasteiger charge is -2.34. The molecule has 7 heteroatoms. The lowest BCUT2D eigenvalue weighted by molar-refractivity contribution is 0.0707. The number of carbonyl (C=O) groups is 1. The highest BCUT2D eigenvalue weighted by molar-refractivity contribution is 6.33. The Morgan fingerprint density at radius 1 is 1.17 bits per heavy atom. The quantitative estimate of drug-likeness (QED) is 0.743. The molecule has 1 aromatic carbocycles. The van der Waals surface area contributed by atoms with Gasteiger partial charge in [-0.25, -0.2) is 4.98 Å². The number of amides is 1. The Kier molecular flexibility index (Phi) is 6.44. The molecule has 0 saturated carbocycles. The Morgan fingerprint density at radius 2 is 1.97 bits per heavy atom. The van der Waals surface area contributed by atoms with Crippen LogP contribution >= 0.6 is 11.6 Å². The first-order valence-electron chi connectivity index (χ1n) is 10.6. The Labute approximate surface area is 183 Å². The van der Waals surface area contributed by atoms with E-state index in [1.54, 1.807) is 0 Å². The van der Waals surface area contributed by atoms with Crippen LogP contribution < -0.4 is 9.80 Å². The molecular formula is C23H29ClN4O2. The summed E-state index contributed by atoms with van der Waals surface area (Å²) in [4.78, 5) is 23.9. The first kappa shape index (κ1) is 20.9. The molecule has 2 aliphatic heterocycles. The van der Waals surface area contributed by atoms with E-state index in [0.717, 1.165) is 50.5 Å². The zero-order valence-corrected chi connectivity index (χ0v) is 18.4. The number of nitrogens with zero attached hydrogens (tertiary/aromatic N) is 4. The summed E-state index contributed by atoms with van der Waals surface area (Å²) in [5.74, 6) is 1.35. The van der Waals surface area contributed by atoms with Gasteiger partial charge in [0.05, 0.1) is 23.9 Å². The number of halogens is 1. The van der Waals surface area contributed by atoms with E-state index in [4.69, 9.17) is 16.3 Å². The fourth-order valence-electron chi connectivity index (χ4n) is 4.24. The van der Waals surface area contributed by atoms with Gasteiger partial charge in [0.2, 0.25) is 0 Å². The van der Waals surface area contributed by atoms with Crippen molar-refractivity contribution >= 4 is 29.0 Å². The molecule has 3 heterocycles. The van der Waals surface area contributed by atoms with Gasteiger partial charge in [-0.15, -0.1) is 0 Å². The molecule has 30 heavy (non-hydrogen) atoms. The lowest BCUT2D eigenvalue weighted by Crippen LogP contribution is -2.39. The van der Waals surface area contributed by atoms with Gasteiger partial charge in [-0.3, -0.25) is 4.79 Å². The molecule has 6 nitrogen and oxygen atoms in total. The van der Waals surface area contributed by atoms with E-state index in [-0.39, 0.29) is 5.91 Å². The number of rotatable bonds is 4. The number of pyridine rings is 1. The Hall–Kier alpha value is -2.31. The van der Waals surface area contributed by atoms with Crippen molar-refractivity contribution in [2.24, 2.45) is 0 Å². The highest BCUT2D eigenvalue weighted by Gasteiger charge is 2.27. The third kappa shape index (κ3) is 4.55. The number of anilines is 2. The maximum Gasteiger partial charge on any atom is 0.253 e. The Bertz CT molecular complexity index is 899. The fourth-order valence-corrected chi connectivity index (χ4v) is 4.48. The molecule has 0 aliphatic carbocycles. The van der Waals surface area contributed by atoms with Crippen LogP contribution in [0.2, 0.25) is 5.02 Å². The second-order valence-corrected chi connectivity index (χ2v) is 8.60. The van der Waals surface area contributed by atoms with Crippen molar-refractivity contribution in [3.63, 3.8) is 0 Å². The lowest BCUT2D eigenvalue weighted by atomic mass is 9.90. The molecule has 2 aliphatic rings. The van der Waals surface area contributed by atoms with Crippen molar-refractivity contribution in [3.8, 4) is 0 Å². The third-order valence-corrected chi connectivity index (χ3v) is 6.27. The minimum atomic E-state index is 0.0766. The van der Waals surface area contributed by atoms with Crippen LogP contribution in [0.1, 0.15) is 34.7 Å². The van der Waals surface area contributed by atoms with Crippen LogP contribution in [0.4, 0.5) is 11.5 Å². The largest absolute Gasteiger partial charge is 0.378 e. The number of morpholine rings is 1. The van der Waals surface area contributed by atoms with Crippen LogP contribution in [0, 0.1) is 0 Å². The van der Waals surface area contributed by atoms with Gasteiger partial charge in [0.15, 0.2) is 0 Å². The molecule has 0 radical (unpaired) electrons. The van der Waals surface area contributed by atoms with Crippen molar-refractivity contribution in [1.29, 1.82) is 0 Å². The van der Waals surface area contributed by atoms with Gasteiger partial charge >= 0.3 is 0 Å². The van der Waals surface area contributed by atoms with E-state index in [9.17, 15) is 4.79 Å². The van der Waals surface area contributed by atoms with Crippen LogP contribution in [-0.2, 0) is 4.74 Å². The SMILES string of the molecule is CN(C)c1cc([C@@H]2CCCN(C(=O)c3ccc(Cl)c(N4CCOCC4)c3)C2)ccn1. The summed E-state index contributed by atoms with van der Waals surface area (Å²) in [6, 6.07) is 9.83. The summed E-state index contributed by atoms with van der Waals surface area (Å²) in [5, 5.41) is 0.679. The van der Waals surface area contributed by atoms with Gasteiger partial charge in [0.25, 0.3) is 5.91 Å². The van der Waals surface area contributed by atoms with E-state index in [0.29, 0.717) is 29.7 Å². The maximum absolute atomic E-state index is 13.3. The molecule has 2 fully saturated rings. The predicted octanol–water partition coefficient (Wildman–Crippen LogP) is 3.66. The number of piperidine rings is 1. The van der Waals surface area contributed by atoms with Crippen molar-refractivity contribution in [2.75, 3.05) is 63.3 Å². The van der Waals surface area contributed by atoms with Gasteiger partial charge in [-0.2, -0.15) is 0 Å². The summed E-state index contributed by atoms with van der Waals surface area (Å²) in [6.07, 6.45) is 3.94. The van der Waals surface area contributed by atoms with E-state index in [2.05, 4.69) is 22.0 Å². The van der Waals surface area contributed by atoms with Gasteiger partial charge in [-0.05, 0) is 48.7 Å². The summed E-state index contributed by atoms with van der Waals surface area (Å²) < 4.78 is 5.44. The number of aromatic nitrogens is 1. The Morgan fingerprint density at radius 3 is 2.73 bits per heavy atom. The first-order chi connectivity index (χ1) is 14.5. The molecule has 4 rings (SSSR count). The van der Waals surface area contributed by atoms with Gasteiger partial charge < -0.3 is 19.4 Å². The number of likely N-dealkylation sites (tertiary alicyclic amines) is 1. The molecule has 0 bridgehead atoms. The highest BCUT2D eigenvalue weighted by Crippen LogP contribution is 2.31. The molecular weight excluding hydrogens is 400 g/mol. The zero-order valence-electron chi connectivity index (χ0n) is 17.7. The number of hydrogen-bond acceptors (Lipinski definition) is 5. The van der Waals surface area contributed by atoms with E-state index in [1.165, 1.54) is 5.56 Å². The zero-order chi connectivity index (χ0) is 21.1. The molecule has 1 aromatic heterocycles. The molecule has 0 N–H and O–H groups in total.